The van der Waals surface area contributed by atoms with Gasteiger partial charge >= 0.3 is 0 Å². The van der Waals surface area contributed by atoms with Crippen LogP contribution in [-0.2, 0) is 0 Å². The first-order valence-corrected chi connectivity index (χ1v) is 14.7. The summed E-state index contributed by atoms with van der Waals surface area (Å²) < 4.78 is 8.60. The number of carbonyl (C=O) groups is 1. The number of aryl methyl sites for hydroxylation is 1. The van der Waals surface area contributed by atoms with Crippen molar-refractivity contribution in [1.29, 1.82) is 0 Å². The van der Waals surface area contributed by atoms with Crippen LogP contribution >= 0.6 is 20.5 Å². The number of pyridine rings is 1. The average molecular weight is 484 g/mol. The van der Waals surface area contributed by atoms with Gasteiger partial charge in [0.15, 0.2) is 0 Å². The van der Waals surface area contributed by atoms with E-state index in [0.29, 0.717) is 23.0 Å². The Hall–Kier alpha value is -2.04. The number of nitrogens with zero attached hydrogens (tertiary/aromatic N) is 2. The van der Waals surface area contributed by atoms with Gasteiger partial charge in [-0.15, -0.1) is 8.58 Å². The van der Waals surface area contributed by atoms with Gasteiger partial charge in [0.05, 0.1) is 10.9 Å². The van der Waals surface area contributed by atoms with Crippen LogP contribution in [0.25, 0.3) is 22.4 Å². The van der Waals surface area contributed by atoms with Crippen LogP contribution in [0.1, 0.15) is 59.5 Å². The minimum absolute atomic E-state index is 0.140. The Morgan fingerprint density at radius 1 is 1.24 bits per heavy atom. The Morgan fingerprint density at radius 3 is 2.64 bits per heavy atom. The molecule has 0 radical (unpaired) electrons. The number of anilines is 1. The Labute approximate surface area is 203 Å². The third kappa shape index (κ3) is 5.38. The molecule has 7 heteroatoms. The fourth-order valence-electron chi connectivity index (χ4n) is 4.20. The fourth-order valence-corrected chi connectivity index (χ4v) is 5.43. The van der Waals surface area contributed by atoms with Gasteiger partial charge in [-0.25, -0.2) is 0 Å². The molecule has 0 saturated heterocycles. The third-order valence-electron chi connectivity index (χ3n) is 6.22. The van der Waals surface area contributed by atoms with Gasteiger partial charge in [0.2, 0.25) is 5.71 Å². The predicted molar refractivity (Wildman–Crippen MR) is 143 cm³/mol. The quantitative estimate of drug-likeness (QED) is 0.189. The standard InChI is InChI=1S/C26H34N3O2PS/c1-17-8-10-19(11-9-17)23-22(25(30)27-2)21-16-20(18-12-13-18)24(28-26(21)31-23)29(33-4)14-6-5-7-15-32-3/h8-11,16,18,32H,5-7,12-15H2,1-4H3,(H,27,30). The van der Waals surface area contributed by atoms with Crippen LogP contribution in [-0.4, -0.2) is 43.6 Å². The molecule has 1 fully saturated rings. The van der Waals surface area contributed by atoms with E-state index >= 15 is 0 Å². The summed E-state index contributed by atoms with van der Waals surface area (Å²) in [5.41, 5.74) is 4.42. The number of benzene rings is 1. The topological polar surface area (TPSA) is 58.4 Å². The molecule has 1 aromatic carbocycles. The van der Waals surface area contributed by atoms with Crippen molar-refractivity contribution in [2.24, 2.45) is 0 Å². The van der Waals surface area contributed by atoms with E-state index in [0.717, 1.165) is 38.3 Å². The van der Waals surface area contributed by atoms with Crippen LogP contribution in [0.15, 0.2) is 34.7 Å². The van der Waals surface area contributed by atoms with Crippen molar-refractivity contribution in [3.63, 3.8) is 0 Å². The van der Waals surface area contributed by atoms with Gasteiger partial charge in [0.25, 0.3) is 5.91 Å². The fraction of sp³-hybridized carbons (Fsp3) is 0.462. The SMILES string of the molecule is CNC(=O)c1c(-c2ccc(C)cc2)oc2nc(N(CCCCCPC)SC)c(C3CC3)cc12. The molecule has 176 valence electrons. The summed E-state index contributed by atoms with van der Waals surface area (Å²) in [6, 6.07) is 10.3. The molecule has 4 rings (SSSR count). The Kier molecular flexibility index (Phi) is 7.98. The van der Waals surface area contributed by atoms with Gasteiger partial charge in [-0.05, 0) is 63.0 Å². The highest BCUT2D eigenvalue weighted by atomic mass is 32.2. The number of unbranched alkanes of at least 4 members (excludes halogenated alkanes) is 2. The largest absolute Gasteiger partial charge is 0.437 e. The van der Waals surface area contributed by atoms with Crippen molar-refractivity contribution in [3.05, 3.63) is 47.0 Å². The zero-order valence-electron chi connectivity index (χ0n) is 20.0. The summed E-state index contributed by atoms with van der Waals surface area (Å²) in [4.78, 5) is 18.0. The highest BCUT2D eigenvalue weighted by molar-refractivity contribution is 7.99. The first-order chi connectivity index (χ1) is 16.1. The van der Waals surface area contributed by atoms with Crippen molar-refractivity contribution in [3.8, 4) is 11.3 Å². The van der Waals surface area contributed by atoms with Crippen LogP contribution < -0.4 is 9.62 Å². The van der Waals surface area contributed by atoms with Gasteiger partial charge in [-0.3, -0.25) is 4.79 Å². The Balaban J connectivity index is 1.77. The molecule has 0 spiro atoms. The molecule has 5 nitrogen and oxygen atoms in total. The third-order valence-corrected chi connectivity index (χ3v) is 7.87. The average Bonchev–Trinajstić information content (AvgIpc) is 3.61. The zero-order valence-corrected chi connectivity index (χ0v) is 21.8. The lowest BCUT2D eigenvalue weighted by atomic mass is 10.0. The second-order valence-corrected chi connectivity index (χ2v) is 10.7. The second-order valence-electron chi connectivity index (χ2n) is 8.73. The maximum Gasteiger partial charge on any atom is 0.255 e. The number of nitrogens with one attached hydrogen (secondary N) is 1. The van der Waals surface area contributed by atoms with E-state index in [-0.39, 0.29) is 5.91 Å². The van der Waals surface area contributed by atoms with Crippen molar-refractivity contribution >= 4 is 43.4 Å². The molecular weight excluding hydrogens is 449 g/mol. The molecular formula is C26H34N3O2PS. The van der Waals surface area contributed by atoms with E-state index in [2.05, 4.69) is 35.5 Å². The zero-order chi connectivity index (χ0) is 23.4. The van der Waals surface area contributed by atoms with Gasteiger partial charge in [0.1, 0.15) is 11.6 Å². The van der Waals surface area contributed by atoms with Crippen molar-refractivity contribution in [1.82, 2.24) is 10.3 Å². The number of aromatic nitrogens is 1. The van der Waals surface area contributed by atoms with E-state index in [9.17, 15) is 4.79 Å². The van der Waals surface area contributed by atoms with E-state index in [1.807, 2.05) is 24.3 Å². The summed E-state index contributed by atoms with van der Waals surface area (Å²) in [6.07, 6.45) is 9.50. The molecule has 2 heterocycles. The van der Waals surface area contributed by atoms with Crippen LogP contribution in [0, 0.1) is 6.92 Å². The molecule has 1 atom stereocenters. The van der Waals surface area contributed by atoms with Crippen LogP contribution in [0.2, 0.25) is 0 Å². The number of furan rings is 1. The maximum atomic E-state index is 12.9. The van der Waals surface area contributed by atoms with Gasteiger partial charge < -0.3 is 14.0 Å². The highest BCUT2D eigenvalue weighted by Gasteiger charge is 2.32. The first kappa shape index (κ1) is 24.1. The molecule has 0 aliphatic heterocycles. The van der Waals surface area contributed by atoms with E-state index in [4.69, 9.17) is 9.40 Å². The summed E-state index contributed by atoms with van der Waals surface area (Å²) in [5, 5.41) is 3.60. The van der Waals surface area contributed by atoms with Crippen LogP contribution in [0.4, 0.5) is 5.82 Å². The van der Waals surface area contributed by atoms with Crippen molar-refractivity contribution in [2.45, 2.75) is 44.9 Å². The molecule has 1 saturated carbocycles. The summed E-state index contributed by atoms with van der Waals surface area (Å²) in [5.74, 6) is 1.97. The summed E-state index contributed by atoms with van der Waals surface area (Å²) in [6.45, 7) is 5.30. The number of amides is 1. The van der Waals surface area contributed by atoms with Gasteiger partial charge in [-0.2, -0.15) is 4.98 Å². The van der Waals surface area contributed by atoms with Crippen molar-refractivity contribution in [2.75, 3.05) is 37.0 Å². The lowest BCUT2D eigenvalue weighted by molar-refractivity contribution is 0.0964. The molecule has 1 aliphatic rings. The number of hydrogen-bond donors (Lipinski definition) is 1. The number of rotatable bonds is 11. The van der Waals surface area contributed by atoms with E-state index < -0.39 is 0 Å². The maximum absolute atomic E-state index is 12.9. The Morgan fingerprint density at radius 2 is 2.00 bits per heavy atom. The monoisotopic (exact) mass is 483 g/mol. The Bertz CT molecular complexity index is 1110. The molecule has 1 amide bonds. The summed E-state index contributed by atoms with van der Waals surface area (Å²) >= 11 is 1.73. The normalized spacial score (nSPS) is 13.8. The van der Waals surface area contributed by atoms with E-state index in [1.54, 1.807) is 19.0 Å². The molecule has 2 aromatic heterocycles. The molecule has 1 aliphatic carbocycles. The molecule has 1 N–H and O–H groups in total. The molecule has 0 bridgehead atoms. The van der Waals surface area contributed by atoms with Crippen molar-refractivity contribution < 1.29 is 9.21 Å². The lowest BCUT2D eigenvalue weighted by Gasteiger charge is -2.23. The van der Waals surface area contributed by atoms with Crippen LogP contribution in [0.5, 0.6) is 0 Å². The predicted octanol–water partition coefficient (Wildman–Crippen LogP) is 6.60. The van der Waals surface area contributed by atoms with E-state index in [1.165, 1.54) is 43.0 Å². The minimum atomic E-state index is -0.140. The first-order valence-electron chi connectivity index (χ1n) is 11.8. The second kappa shape index (κ2) is 10.9. The molecule has 1 unspecified atom stereocenters. The smallest absolute Gasteiger partial charge is 0.255 e. The molecule has 3 aromatic rings. The summed E-state index contributed by atoms with van der Waals surface area (Å²) in [7, 11) is 2.70. The minimum Gasteiger partial charge on any atom is -0.437 e. The van der Waals surface area contributed by atoms with Gasteiger partial charge in [-0.1, -0.05) is 48.2 Å². The highest BCUT2D eigenvalue weighted by Crippen LogP contribution is 2.47. The van der Waals surface area contributed by atoms with Gasteiger partial charge in [0, 0.05) is 25.4 Å². The lowest BCUT2D eigenvalue weighted by Crippen LogP contribution is -2.19. The number of carbonyl (C=O) groups excluding carboxylic acids is 1. The number of hydrogen-bond acceptors (Lipinski definition) is 5. The number of fused-ring (bicyclic) bond motifs is 1. The van der Waals surface area contributed by atoms with Crippen LogP contribution in [0.3, 0.4) is 0 Å². The molecule has 33 heavy (non-hydrogen) atoms.